The Morgan fingerprint density at radius 2 is 1.90 bits per heavy atom. The molecule has 0 aromatic carbocycles. The van der Waals surface area contributed by atoms with E-state index in [1.54, 1.807) is 20.1 Å². The lowest BCUT2D eigenvalue weighted by Crippen LogP contribution is -2.45. The number of alkyl halides is 3. The molecule has 2 aromatic rings. The molecule has 0 aliphatic heterocycles. The van der Waals surface area contributed by atoms with Crippen LogP contribution in [0.4, 0.5) is 13.2 Å². The average Bonchev–Trinajstić information content (AvgIpc) is 3.23. The van der Waals surface area contributed by atoms with Gasteiger partial charge in [-0.3, -0.25) is 18.7 Å². The Labute approximate surface area is 175 Å². The van der Waals surface area contributed by atoms with Crippen LogP contribution in [0.15, 0.2) is 14.7 Å². The van der Waals surface area contributed by atoms with Crippen LogP contribution in [0.25, 0.3) is 10.2 Å². The van der Waals surface area contributed by atoms with E-state index >= 15 is 0 Å². The Balaban J connectivity index is 2.13. The molecule has 0 atom stereocenters. The minimum Gasteiger partial charge on any atom is -0.305 e. The Morgan fingerprint density at radius 1 is 1.27 bits per heavy atom. The first-order valence-corrected chi connectivity index (χ1v) is 10.4. The third kappa shape index (κ3) is 4.61. The van der Waals surface area contributed by atoms with Crippen molar-refractivity contribution in [1.82, 2.24) is 14.6 Å². The van der Waals surface area contributed by atoms with E-state index in [1.165, 1.54) is 9.13 Å². The zero-order chi connectivity index (χ0) is 22.5. The molecule has 0 amide bonds. The van der Waals surface area contributed by atoms with Crippen LogP contribution in [0.5, 0.6) is 0 Å². The molecule has 1 N–H and O–H groups in total. The van der Waals surface area contributed by atoms with Crippen LogP contribution in [0.2, 0.25) is 0 Å². The van der Waals surface area contributed by atoms with Crippen molar-refractivity contribution in [2.24, 2.45) is 5.10 Å². The second kappa shape index (κ2) is 7.52. The van der Waals surface area contributed by atoms with Gasteiger partial charge in [0.05, 0.1) is 35.2 Å². The molecule has 2 heterocycles. The lowest BCUT2D eigenvalue weighted by molar-refractivity contribution is -0.325. The van der Waals surface area contributed by atoms with Gasteiger partial charge in [0.15, 0.2) is 0 Å². The van der Waals surface area contributed by atoms with Crippen LogP contribution in [-0.4, -0.2) is 33.9 Å². The van der Waals surface area contributed by atoms with Crippen LogP contribution in [0.3, 0.4) is 0 Å². The number of fused-ring (bicyclic) bond motifs is 1. The number of hydrogen-bond donors (Lipinski definition) is 1. The SMILES string of the molecule is Cc1c(C=NNC(C)(C)C)sc2c1c(=O)n(C1(C)CC1)c(=O)n2CCOC(F)(F)F. The maximum Gasteiger partial charge on any atom is 0.522 e. The monoisotopic (exact) mass is 446 g/mol. The fourth-order valence-corrected chi connectivity index (χ4v) is 4.29. The number of hydrogen-bond acceptors (Lipinski definition) is 6. The molecule has 166 valence electrons. The van der Waals surface area contributed by atoms with Crippen LogP contribution in [-0.2, 0) is 16.8 Å². The molecule has 3 rings (SSSR count). The summed E-state index contributed by atoms with van der Waals surface area (Å²) in [6.07, 6.45) is -1.89. The van der Waals surface area contributed by atoms with Gasteiger partial charge in [0.1, 0.15) is 4.83 Å². The maximum absolute atomic E-state index is 13.2. The van der Waals surface area contributed by atoms with Gasteiger partial charge in [-0.25, -0.2) is 4.79 Å². The number of rotatable bonds is 6. The van der Waals surface area contributed by atoms with Crippen molar-refractivity contribution in [2.75, 3.05) is 6.61 Å². The standard InChI is InChI=1S/C19H25F3N4O3S/c1-11-12(10-23-24-17(2,3)4)30-15-13(11)14(27)26(18(5)6-7-18)16(28)25(15)8-9-29-19(20,21)22/h10,24H,6-9H2,1-5H3. The van der Waals surface area contributed by atoms with Crippen molar-refractivity contribution in [2.45, 2.75) is 71.4 Å². The minimum absolute atomic E-state index is 0.259. The van der Waals surface area contributed by atoms with E-state index in [0.29, 0.717) is 33.5 Å². The topological polar surface area (TPSA) is 77.6 Å². The highest BCUT2D eigenvalue weighted by atomic mass is 32.1. The third-order valence-electron chi connectivity index (χ3n) is 4.93. The van der Waals surface area contributed by atoms with E-state index in [4.69, 9.17) is 0 Å². The lowest BCUT2D eigenvalue weighted by atomic mass is 10.1. The van der Waals surface area contributed by atoms with Crippen molar-refractivity contribution < 1.29 is 17.9 Å². The number of hydrazone groups is 1. The molecule has 30 heavy (non-hydrogen) atoms. The number of ether oxygens (including phenoxy) is 1. The Bertz CT molecular complexity index is 1100. The first-order chi connectivity index (χ1) is 13.7. The van der Waals surface area contributed by atoms with Crippen LogP contribution < -0.4 is 16.7 Å². The molecular weight excluding hydrogens is 421 g/mol. The van der Waals surface area contributed by atoms with E-state index in [0.717, 1.165) is 11.3 Å². The van der Waals surface area contributed by atoms with E-state index in [9.17, 15) is 22.8 Å². The van der Waals surface area contributed by atoms with Crippen molar-refractivity contribution in [3.05, 3.63) is 31.3 Å². The minimum atomic E-state index is -4.79. The molecule has 2 aromatic heterocycles. The van der Waals surface area contributed by atoms with E-state index in [1.807, 2.05) is 20.8 Å². The Kier molecular flexibility index (Phi) is 5.65. The molecule has 1 fully saturated rings. The van der Waals surface area contributed by atoms with Crippen LogP contribution in [0.1, 0.15) is 51.0 Å². The second-order valence-corrected chi connectivity index (χ2v) is 9.79. The van der Waals surface area contributed by atoms with Gasteiger partial charge in [-0.05, 0) is 53.0 Å². The Hall–Kier alpha value is -2.14. The fraction of sp³-hybridized carbons (Fsp3) is 0.632. The summed E-state index contributed by atoms with van der Waals surface area (Å²) in [6.45, 7) is 8.33. The van der Waals surface area contributed by atoms with Gasteiger partial charge in [-0.1, -0.05) is 0 Å². The molecule has 1 saturated carbocycles. The fourth-order valence-electron chi connectivity index (χ4n) is 3.10. The molecular formula is C19H25F3N4O3S. The summed E-state index contributed by atoms with van der Waals surface area (Å²) in [5, 5.41) is 4.52. The third-order valence-corrected chi connectivity index (χ3v) is 6.17. The first kappa shape index (κ1) is 22.5. The van der Waals surface area contributed by atoms with Gasteiger partial charge in [0.25, 0.3) is 5.56 Å². The molecule has 11 heteroatoms. The largest absolute Gasteiger partial charge is 0.522 e. The van der Waals surface area contributed by atoms with Gasteiger partial charge < -0.3 is 5.43 Å². The van der Waals surface area contributed by atoms with Gasteiger partial charge in [0, 0.05) is 5.54 Å². The molecule has 1 aliphatic carbocycles. The zero-order valence-corrected chi connectivity index (χ0v) is 18.3. The summed E-state index contributed by atoms with van der Waals surface area (Å²) >= 11 is 1.15. The van der Waals surface area contributed by atoms with Crippen molar-refractivity contribution >= 4 is 27.8 Å². The zero-order valence-electron chi connectivity index (χ0n) is 17.5. The smallest absolute Gasteiger partial charge is 0.305 e. The van der Waals surface area contributed by atoms with E-state index < -0.39 is 29.8 Å². The molecule has 1 aliphatic rings. The molecule has 0 spiro atoms. The summed E-state index contributed by atoms with van der Waals surface area (Å²) in [5.74, 6) is 0. The number of aromatic nitrogens is 2. The maximum atomic E-state index is 13.2. The average molecular weight is 446 g/mol. The quantitative estimate of drug-likeness (QED) is 0.546. The lowest BCUT2D eigenvalue weighted by Gasteiger charge is -2.17. The van der Waals surface area contributed by atoms with Crippen molar-refractivity contribution in [3.8, 4) is 0 Å². The molecule has 0 bridgehead atoms. The van der Waals surface area contributed by atoms with Crippen LogP contribution >= 0.6 is 11.3 Å². The number of nitrogens with zero attached hydrogens (tertiary/aromatic N) is 3. The number of nitrogens with one attached hydrogen (secondary N) is 1. The number of aryl methyl sites for hydroxylation is 1. The van der Waals surface area contributed by atoms with Gasteiger partial charge >= 0.3 is 12.1 Å². The Morgan fingerprint density at radius 3 is 2.43 bits per heavy atom. The highest BCUT2D eigenvalue weighted by Gasteiger charge is 2.43. The number of thiophene rings is 1. The van der Waals surface area contributed by atoms with Gasteiger partial charge in [0.2, 0.25) is 0 Å². The van der Waals surface area contributed by atoms with Crippen molar-refractivity contribution in [3.63, 3.8) is 0 Å². The summed E-state index contributed by atoms with van der Waals surface area (Å²) < 4.78 is 43.6. The van der Waals surface area contributed by atoms with E-state index in [-0.39, 0.29) is 12.1 Å². The second-order valence-electron chi connectivity index (χ2n) is 8.76. The highest BCUT2D eigenvalue weighted by Crippen LogP contribution is 2.41. The predicted octanol–water partition coefficient (Wildman–Crippen LogP) is 3.30. The number of halogens is 3. The summed E-state index contributed by atoms with van der Waals surface area (Å²) in [5.41, 5.74) is 1.70. The summed E-state index contributed by atoms with van der Waals surface area (Å²) in [4.78, 5) is 27.2. The van der Waals surface area contributed by atoms with E-state index in [2.05, 4.69) is 15.3 Å². The van der Waals surface area contributed by atoms with Crippen molar-refractivity contribution in [1.29, 1.82) is 0 Å². The molecule has 0 saturated heterocycles. The summed E-state index contributed by atoms with van der Waals surface area (Å²) in [7, 11) is 0. The first-order valence-electron chi connectivity index (χ1n) is 9.54. The van der Waals surface area contributed by atoms with Crippen LogP contribution in [0, 0.1) is 6.92 Å². The molecule has 7 nitrogen and oxygen atoms in total. The molecule has 0 unspecified atom stereocenters. The normalized spacial score (nSPS) is 16.5. The van der Waals surface area contributed by atoms with Gasteiger partial charge in [-0.15, -0.1) is 24.5 Å². The molecule has 0 radical (unpaired) electrons. The predicted molar refractivity (Wildman–Crippen MR) is 110 cm³/mol. The summed E-state index contributed by atoms with van der Waals surface area (Å²) in [6, 6.07) is 0. The van der Waals surface area contributed by atoms with Gasteiger partial charge in [-0.2, -0.15) is 5.10 Å². The highest BCUT2D eigenvalue weighted by molar-refractivity contribution is 7.20.